The van der Waals surface area contributed by atoms with Gasteiger partial charge in [0.1, 0.15) is 0 Å². The van der Waals surface area contributed by atoms with E-state index in [0.29, 0.717) is 0 Å². The number of rotatable bonds is 4. The Morgan fingerprint density at radius 3 is 2.63 bits per heavy atom. The lowest BCUT2D eigenvalue weighted by Crippen LogP contribution is -2.44. The van der Waals surface area contributed by atoms with Crippen molar-refractivity contribution in [1.82, 2.24) is 24.8 Å². The van der Waals surface area contributed by atoms with Crippen molar-refractivity contribution < 1.29 is 8.42 Å². The van der Waals surface area contributed by atoms with E-state index in [9.17, 15) is 8.42 Å². The van der Waals surface area contributed by atoms with Crippen LogP contribution >= 0.6 is 11.3 Å². The van der Waals surface area contributed by atoms with Gasteiger partial charge in [0.15, 0.2) is 5.13 Å². The molecule has 0 aromatic carbocycles. The molecule has 0 unspecified atom stereocenters. The third-order valence-electron chi connectivity index (χ3n) is 5.02. The average molecular weight is 409 g/mol. The van der Waals surface area contributed by atoms with Gasteiger partial charge in [-0.15, -0.1) is 11.3 Å². The molecule has 1 fully saturated rings. The molecule has 2 aliphatic heterocycles. The lowest BCUT2D eigenvalue weighted by Gasteiger charge is -2.32. The molecule has 2 aromatic rings. The van der Waals surface area contributed by atoms with E-state index in [1.165, 1.54) is 4.88 Å². The van der Waals surface area contributed by atoms with Crippen molar-refractivity contribution in [1.29, 1.82) is 0 Å². The minimum Gasteiger partial charge on any atom is -0.346 e. The summed E-state index contributed by atoms with van der Waals surface area (Å²) in [5, 5.41) is 1.03. The first-order chi connectivity index (χ1) is 12.9. The highest BCUT2D eigenvalue weighted by atomic mass is 32.2. The fourth-order valence-corrected chi connectivity index (χ4v) is 4.93. The fourth-order valence-electron chi connectivity index (χ4n) is 3.40. The second kappa shape index (κ2) is 7.42. The SMILES string of the molecule is CN1CCN(c2ncc(CN3CCc4nc(S(C)(=O)=O)ncc4C3)s2)CC1. The summed E-state index contributed by atoms with van der Waals surface area (Å²) < 4.78 is 23.3. The molecule has 146 valence electrons. The van der Waals surface area contributed by atoms with Crippen LogP contribution in [0.2, 0.25) is 0 Å². The van der Waals surface area contributed by atoms with Crippen molar-refractivity contribution in [3.05, 3.63) is 28.5 Å². The normalized spacial score (nSPS) is 19.3. The van der Waals surface area contributed by atoms with Gasteiger partial charge in [-0.05, 0) is 7.05 Å². The molecule has 8 nitrogen and oxygen atoms in total. The molecule has 1 saturated heterocycles. The first-order valence-corrected chi connectivity index (χ1v) is 11.7. The Bertz CT molecular complexity index is 921. The molecule has 4 heterocycles. The van der Waals surface area contributed by atoms with Gasteiger partial charge in [0.05, 0.1) is 5.69 Å². The molecule has 0 aliphatic carbocycles. The number of hydrogen-bond acceptors (Lipinski definition) is 9. The fraction of sp³-hybridized carbons (Fsp3) is 0.588. The molecule has 0 spiro atoms. The predicted octanol–water partition coefficient (Wildman–Crippen LogP) is 0.647. The number of nitrogens with zero attached hydrogens (tertiary/aromatic N) is 6. The summed E-state index contributed by atoms with van der Waals surface area (Å²) >= 11 is 1.77. The van der Waals surface area contributed by atoms with Gasteiger partial charge in [-0.1, -0.05) is 0 Å². The molecule has 0 saturated carbocycles. The van der Waals surface area contributed by atoms with Gasteiger partial charge in [-0.25, -0.2) is 23.4 Å². The van der Waals surface area contributed by atoms with Crippen molar-refractivity contribution >= 4 is 26.3 Å². The van der Waals surface area contributed by atoms with E-state index >= 15 is 0 Å². The summed E-state index contributed by atoms with van der Waals surface area (Å²) in [4.78, 5) is 21.2. The Morgan fingerprint density at radius 1 is 1.11 bits per heavy atom. The van der Waals surface area contributed by atoms with E-state index in [2.05, 4.69) is 36.7 Å². The Labute approximate surface area is 163 Å². The largest absolute Gasteiger partial charge is 0.346 e. The van der Waals surface area contributed by atoms with Crippen molar-refractivity contribution in [3.63, 3.8) is 0 Å². The Balaban J connectivity index is 1.40. The van der Waals surface area contributed by atoms with Gasteiger partial charge in [0, 0.05) is 81.3 Å². The number of likely N-dealkylation sites (N-methyl/N-ethyl adjacent to an activating group) is 1. The molecule has 4 rings (SSSR count). The molecular formula is C17H24N6O2S2. The van der Waals surface area contributed by atoms with Gasteiger partial charge in [0.2, 0.25) is 15.0 Å². The summed E-state index contributed by atoms with van der Waals surface area (Å²) in [7, 11) is -1.21. The standard InChI is InChI=1S/C17H24N6O2S2/c1-21-5-7-23(8-6-21)17-19-10-14(26-17)12-22-4-3-15-13(11-22)9-18-16(20-15)27(2,24)25/h9-10H,3-8,11-12H2,1-2H3. The number of hydrogen-bond donors (Lipinski definition) is 0. The molecule has 0 amide bonds. The van der Waals surface area contributed by atoms with Gasteiger partial charge in [-0.2, -0.15) is 0 Å². The Kier molecular flexibility index (Phi) is 5.15. The van der Waals surface area contributed by atoms with E-state index < -0.39 is 9.84 Å². The van der Waals surface area contributed by atoms with Crippen molar-refractivity contribution in [2.45, 2.75) is 24.7 Å². The Hall–Kier alpha value is -1.62. The van der Waals surface area contributed by atoms with Gasteiger partial charge < -0.3 is 9.80 Å². The molecular weight excluding hydrogens is 384 g/mol. The van der Waals surface area contributed by atoms with Crippen LogP contribution in [0, 0.1) is 0 Å². The summed E-state index contributed by atoms with van der Waals surface area (Å²) in [5.41, 5.74) is 1.86. The lowest BCUT2D eigenvalue weighted by atomic mass is 10.1. The van der Waals surface area contributed by atoms with Gasteiger partial charge in [-0.3, -0.25) is 4.90 Å². The average Bonchev–Trinajstić information content (AvgIpc) is 3.09. The quantitative estimate of drug-likeness (QED) is 0.682. The number of aromatic nitrogens is 3. The first kappa shape index (κ1) is 18.7. The van der Waals surface area contributed by atoms with E-state index in [-0.39, 0.29) is 5.16 Å². The topological polar surface area (TPSA) is 82.5 Å². The second-order valence-electron chi connectivity index (χ2n) is 7.26. The zero-order chi connectivity index (χ0) is 19.0. The number of sulfone groups is 1. The summed E-state index contributed by atoms with van der Waals surface area (Å²) in [5.74, 6) is 0. The summed E-state index contributed by atoms with van der Waals surface area (Å²) in [6.07, 6.45) is 5.53. The van der Waals surface area contributed by atoms with Crippen LogP contribution in [0.25, 0.3) is 0 Å². The lowest BCUT2D eigenvalue weighted by molar-refractivity contribution is 0.244. The van der Waals surface area contributed by atoms with Crippen LogP contribution in [0.3, 0.4) is 0 Å². The number of thiazole rings is 1. The molecule has 2 aromatic heterocycles. The van der Waals surface area contributed by atoms with Gasteiger partial charge >= 0.3 is 0 Å². The smallest absolute Gasteiger partial charge is 0.246 e. The van der Waals surface area contributed by atoms with Crippen LogP contribution < -0.4 is 4.90 Å². The molecule has 2 aliphatic rings. The zero-order valence-corrected chi connectivity index (χ0v) is 17.3. The van der Waals surface area contributed by atoms with Crippen LogP contribution in [0.4, 0.5) is 5.13 Å². The highest BCUT2D eigenvalue weighted by Gasteiger charge is 2.22. The highest BCUT2D eigenvalue weighted by molar-refractivity contribution is 7.90. The number of piperazine rings is 1. The summed E-state index contributed by atoms with van der Waals surface area (Å²) in [6.45, 7) is 6.65. The van der Waals surface area contributed by atoms with E-state index in [1.807, 2.05) is 6.20 Å². The summed E-state index contributed by atoms with van der Waals surface area (Å²) in [6, 6.07) is 0. The first-order valence-electron chi connectivity index (χ1n) is 9.04. The Morgan fingerprint density at radius 2 is 1.89 bits per heavy atom. The highest BCUT2D eigenvalue weighted by Crippen LogP contribution is 2.26. The molecule has 0 bridgehead atoms. The second-order valence-corrected chi connectivity index (χ2v) is 10.3. The van der Waals surface area contributed by atoms with Crippen LogP contribution in [-0.4, -0.2) is 79.2 Å². The minimum absolute atomic E-state index is 0.0750. The van der Waals surface area contributed by atoms with Crippen molar-refractivity contribution in [3.8, 4) is 0 Å². The van der Waals surface area contributed by atoms with E-state index in [4.69, 9.17) is 0 Å². The maximum atomic E-state index is 11.6. The minimum atomic E-state index is -3.36. The molecule has 0 atom stereocenters. The van der Waals surface area contributed by atoms with E-state index in [1.54, 1.807) is 17.5 Å². The third-order valence-corrected chi connectivity index (χ3v) is 6.92. The van der Waals surface area contributed by atoms with Crippen molar-refractivity contribution in [2.24, 2.45) is 0 Å². The predicted molar refractivity (Wildman–Crippen MR) is 105 cm³/mol. The van der Waals surface area contributed by atoms with Crippen molar-refractivity contribution in [2.75, 3.05) is 50.9 Å². The van der Waals surface area contributed by atoms with Crippen LogP contribution in [0.5, 0.6) is 0 Å². The zero-order valence-electron chi connectivity index (χ0n) is 15.6. The molecule has 0 N–H and O–H groups in total. The van der Waals surface area contributed by atoms with Crippen LogP contribution in [0.1, 0.15) is 16.1 Å². The maximum absolute atomic E-state index is 11.6. The molecule has 27 heavy (non-hydrogen) atoms. The molecule has 0 radical (unpaired) electrons. The number of fused-ring (bicyclic) bond motifs is 1. The maximum Gasteiger partial charge on any atom is 0.246 e. The number of anilines is 1. The third kappa shape index (κ3) is 4.29. The van der Waals surface area contributed by atoms with E-state index in [0.717, 1.165) is 74.9 Å². The monoisotopic (exact) mass is 408 g/mol. The van der Waals surface area contributed by atoms with Crippen LogP contribution in [-0.2, 0) is 29.3 Å². The van der Waals surface area contributed by atoms with Gasteiger partial charge in [0.25, 0.3) is 0 Å². The molecule has 10 heteroatoms. The van der Waals surface area contributed by atoms with Crippen LogP contribution in [0.15, 0.2) is 17.6 Å².